The van der Waals surface area contributed by atoms with Crippen LogP contribution in [-0.4, -0.2) is 15.9 Å². The molecule has 1 N–H and O–H groups in total. The molecule has 0 spiro atoms. The SMILES string of the molecule is CCc1cc(CO)nc(C(C)=O)c1. The zero-order chi connectivity index (χ0) is 9.84. The number of aryl methyl sites for hydroxylation is 1. The molecule has 1 aromatic rings. The molecule has 0 saturated carbocycles. The Balaban J connectivity index is 3.14. The first-order chi connectivity index (χ1) is 6.17. The van der Waals surface area contributed by atoms with Gasteiger partial charge in [0.05, 0.1) is 12.3 Å². The fourth-order valence-corrected chi connectivity index (χ4v) is 1.12. The van der Waals surface area contributed by atoms with E-state index >= 15 is 0 Å². The van der Waals surface area contributed by atoms with Crippen molar-refractivity contribution in [3.05, 3.63) is 29.1 Å². The number of hydrogen-bond donors (Lipinski definition) is 1. The lowest BCUT2D eigenvalue weighted by Crippen LogP contribution is -2.02. The van der Waals surface area contributed by atoms with Gasteiger partial charge in [0.1, 0.15) is 5.69 Å². The largest absolute Gasteiger partial charge is 0.390 e. The van der Waals surface area contributed by atoms with Crippen molar-refractivity contribution in [1.82, 2.24) is 4.98 Å². The first kappa shape index (κ1) is 9.86. The molecule has 0 aromatic carbocycles. The van der Waals surface area contributed by atoms with Gasteiger partial charge in [-0.3, -0.25) is 4.79 Å². The van der Waals surface area contributed by atoms with Gasteiger partial charge >= 0.3 is 0 Å². The van der Waals surface area contributed by atoms with Crippen LogP contribution in [-0.2, 0) is 13.0 Å². The third-order valence-corrected chi connectivity index (χ3v) is 1.87. The van der Waals surface area contributed by atoms with Gasteiger partial charge in [-0.2, -0.15) is 0 Å². The Morgan fingerprint density at radius 3 is 2.69 bits per heavy atom. The van der Waals surface area contributed by atoms with E-state index in [-0.39, 0.29) is 12.4 Å². The smallest absolute Gasteiger partial charge is 0.178 e. The first-order valence-corrected chi connectivity index (χ1v) is 4.29. The minimum atomic E-state index is -0.117. The lowest BCUT2D eigenvalue weighted by molar-refractivity contribution is 0.101. The van der Waals surface area contributed by atoms with Crippen LogP contribution in [0.15, 0.2) is 12.1 Å². The number of hydrogen-bond acceptors (Lipinski definition) is 3. The summed E-state index contributed by atoms with van der Waals surface area (Å²) in [5.41, 5.74) is 2.03. The van der Waals surface area contributed by atoms with Crippen molar-refractivity contribution in [3.8, 4) is 0 Å². The predicted octanol–water partition coefficient (Wildman–Crippen LogP) is 1.34. The molecule has 70 valence electrons. The summed E-state index contributed by atoms with van der Waals surface area (Å²) in [5, 5.41) is 8.89. The van der Waals surface area contributed by atoms with Crippen LogP contribution in [0, 0.1) is 0 Å². The number of carbonyl (C=O) groups is 1. The number of ketones is 1. The molecule has 0 saturated heterocycles. The monoisotopic (exact) mass is 179 g/mol. The van der Waals surface area contributed by atoms with E-state index in [4.69, 9.17) is 5.11 Å². The molecule has 1 heterocycles. The van der Waals surface area contributed by atoms with Gasteiger partial charge in [0.15, 0.2) is 5.78 Å². The van der Waals surface area contributed by atoms with E-state index in [0.717, 1.165) is 12.0 Å². The molecule has 0 aliphatic carbocycles. The molecule has 0 bridgehead atoms. The molecule has 1 aromatic heterocycles. The van der Waals surface area contributed by atoms with Crippen molar-refractivity contribution < 1.29 is 9.90 Å². The molecule has 1 rings (SSSR count). The van der Waals surface area contributed by atoms with E-state index in [9.17, 15) is 4.79 Å². The van der Waals surface area contributed by atoms with Gasteiger partial charge in [-0.05, 0) is 24.1 Å². The highest BCUT2D eigenvalue weighted by Gasteiger charge is 2.04. The van der Waals surface area contributed by atoms with Gasteiger partial charge in [-0.1, -0.05) is 6.92 Å². The Hall–Kier alpha value is -1.22. The van der Waals surface area contributed by atoms with Crippen molar-refractivity contribution in [2.24, 2.45) is 0 Å². The third kappa shape index (κ3) is 2.36. The molecule has 0 aliphatic rings. The number of Topliss-reactive ketones (excluding diaryl/α,β-unsaturated/α-hetero) is 1. The minimum Gasteiger partial charge on any atom is -0.390 e. The minimum absolute atomic E-state index is 0.0648. The van der Waals surface area contributed by atoms with E-state index in [1.54, 1.807) is 6.07 Å². The van der Waals surface area contributed by atoms with Gasteiger partial charge < -0.3 is 5.11 Å². The molecule has 3 heteroatoms. The Morgan fingerprint density at radius 1 is 1.54 bits per heavy atom. The van der Waals surface area contributed by atoms with E-state index in [0.29, 0.717) is 11.4 Å². The fourth-order valence-electron chi connectivity index (χ4n) is 1.12. The molecule has 0 aliphatic heterocycles. The number of aliphatic hydroxyl groups is 1. The first-order valence-electron chi connectivity index (χ1n) is 4.29. The Bertz CT molecular complexity index is 298. The van der Waals surface area contributed by atoms with Crippen molar-refractivity contribution >= 4 is 5.78 Å². The fraction of sp³-hybridized carbons (Fsp3) is 0.400. The second kappa shape index (κ2) is 4.14. The number of carbonyl (C=O) groups excluding carboxylic acids is 1. The average Bonchev–Trinajstić information content (AvgIpc) is 2.16. The van der Waals surface area contributed by atoms with E-state index in [2.05, 4.69) is 4.98 Å². The Morgan fingerprint density at radius 2 is 2.23 bits per heavy atom. The lowest BCUT2D eigenvalue weighted by atomic mass is 10.1. The average molecular weight is 179 g/mol. The summed E-state index contributed by atoms with van der Waals surface area (Å²) < 4.78 is 0. The van der Waals surface area contributed by atoms with Crippen LogP contribution in [0.3, 0.4) is 0 Å². The predicted molar refractivity (Wildman–Crippen MR) is 49.5 cm³/mol. The maximum atomic E-state index is 11.0. The number of aliphatic hydroxyl groups excluding tert-OH is 1. The van der Waals surface area contributed by atoms with Gasteiger partial charge in [0.2, 0.25) is 0 Å². The third-order valence-electron chi connectivity index (χ3n) is 1.87. The summed E-state index contributed by atoms with van der Waals surface area (Å²) in [6.45, 7) is 3.36. The van der Waals surface area contributed by atoms with E-state index in [1.165, 1.54) is 6.92 Å². The summed E-state index contributed by atoms with van der Waals surface area (Å²) >= 11 is 0. The number of nitrogens with zero attached hydrogens (tertiary/aromatic N) is 1. The zero-order valence-electron chi connectivity index (χ0n) is 7.87. The molecule has 13 heavy (non-hydrogen) atoms. The molecule has 0 atom stereocenters. The van der Waals surface area contributed by atoms with Gasteiger partial charge in [0.25, 0.3) is 0 Å². The summed E-state index contributed by atoms with van der Waals surface area (Å²) in [5.74, 6) is -0.0648. The van der Waals surface area contributed by atoms with Crippen LogP contribution in [0.25, 0.3) is 0 Å². The summed E-state index contributed by atoms with van der Waals surface area (Å²) in [6.07, 6.45) is 0.843. The maximum absolute atomic E-state index is 11.0. The molecular formula is C10H13NO2. The Kier molecular flexibility index (Phi) is 3.14. The van der Waals surface area contributed by atoms with Crippen LogP contribution in [0.5, 0.6) is 0 Å². The number of rotatable bonds is 3. The molecule has 0 unspecified atom stereocenters. The lowest BCUT2D eigenvalue weighted by Gasteiger charge is -2.03. The van der Waals surface area contributed by atoms with Crippen molar-refractivity contribution in [3.63, 3.8) is 0 Å². The topological polar surface area (TPSA) is 50.2 Å². The molecule has 0 amide bonds. The number of pyridine rings is 1. The highest BCUT2D eigenvalue weighted by molar-refractivity contribution is 5.92. The zero-order valence-corrected chi connectivity index (χ0v) is 7.87. The molecule has 0 radical (unpaired) electrons. The maximum Gasteiger partial charge on any atom is 0.178 e. The summed E-state index contributed by atoms with van der Waals surface area (Å²) in [6, 6.07) is 3.58. The number of aromatic nitrogens is 1. The van der Waals surface area contributed by atoms with E-state index in [1.807, 2.05) is 13.0 Å². The van der Waals surface area contributed by atoms with Crippen LogP contribution in [0.4, 0.5) is 0 Å². The summed E-state index contributed by atoms with van der Waals surface area (Å²) in [7, 11) is 0. The molecular weight excluding hydrogens is 166 g/mol. The highest BCUT2D eigenvalue weighted by atomic mass is 16.3. The van der Waals surface area contributed by atoms with Crippen LogP contribution >= 0.6 is 0 Å². The van der Waals surface area contributed by atoms with Gasteiger partial charge in [-0.15, -0.1) is 0 Å². The van der Waals surface area contributed by atoms with Crippen LogP contribution < -0.4 is 0 Å². The quantitative estimate of drug-likeness (QED) is 0.712. The normalized spacial score (nSPS) is 10.1. The van der Waals surface area contributed by atoms with Gasteiger partial charge in [0, 0.05) is 6.92 Å². The molecule has 3 nitrogen and oxygen atoms in total. The second-order valence-corrected chi connectivity index (χ2v) is 2.92. The summed E-state index contributed by atoms with van der Waals surface area (Å²) in [4.78, 5) is 15.0. The Labute approximate surface area is 77.4 Å². The van der Waals surface area contributed by atoms with Crippen molar-refractivity contribution in [2.45, 2.75) is 26.9 Å². The van der Waals surface area contributed by atoms with Crippen molar-refractivity contribution in [1.29, 1.82) is 0 Å². The highest BCUT2D eigenvalue weighted by Crippen LogP contribution is 2.07. The van der Waals surface area contributed by atoms with Crippen LogP contribution in [0.1, 0.15) is 35.6 Å². The van der Waals surface area contributed by atoms with E-state index < -0.39 is 0 Å². The van der Waals surface area contributed by atoms with Crippen molar-refractivity contribution in [2.75, 3.05) is 0 Å². The van der Waals surface area contributed by atoms with Crippen LogP contribution in [0.2, 0.25) is 0 Å². The van der Waals surface area contributed by atoms with Gasteiger partial charge in [-0.25, -0.2) is 4.98 Å². The molecule has 0 fully saturated rings. The standard InChI is InChI=1S/C10H13NO2/c1-3-8-4-9(6-12)11-10(5-8)7(2)13/h4-5,12H,3,6H2,1-2H3. The second-order valence-electron chi connectivity index (χ2n) is 2.92.